The lowest BCUT2D eigenvalue weighted by molar-refractivity contribution is 0.0697. The second-order valence-corrected chi connectivity index (χ2v) is 5.34. The van der Waals surface area contributed by atoms with Crippen molar-refractivity contribution in [1.82, 2.24) is 9.88 Å². The smallest absolute Gasteiger partial charge is 0.335 e. The van der Waals surface area contributed by atoms with Crippen LogP contribution in [0.15, 0.2) is 18.3 Å². The Morgan fingerprint density at radius 3 is 3.00 bits per heavy atom. The summed E-state index contributed by atoms with van der Waals surface area (Å²) >= 11 is 1.99. The normalized spacial score (nSPS) is 16.4. The van der Waals surface area contributed by atoms with Gasteiger partial charge in [-0.3, -0.25) is 4.90 Å². The molecule has 2 rings (SSSR count). The van der Waals surface area contributed by atoms with Gasteiger partial charge in [-0.2, -0.15) is 11.8 Å². The first-order valence-electron chi connectivity index (χ1n) is 5.99. The first-order chi connectivity index (χ1) is 8.75. The van der Waals surface area contributed by atoms with Gasteiger partial charge in [-0.1, -0.05) is 0 Å². The molecule has 0 aromatic carbocycles. The molecule has 0 aliphatic carbocycles. The topological polar surface area (TPSA) is 65.5 Å². The van der Waals surface area contributed by atoms with Gasteiger partial charge in [-0.15, -0.1) is 0 Å². The summed E-state index contributed by atoms with van der Waals surface area (Å²) in [6.45, 7) is 4.03. The van der Waals surface area contributed by atoms with E-state index in [0.29, 0.717) is 5.82 Å². The monoisotopic (exact) mass is 267 g/mol. The number of anilines is 1. The maximum absolute atomic E-state index is 10.8. The van der Waals surface area contributed by atoms with Gasteiger partial charge >= 0.3 is 5.97 Å². The molecule has 18 heavy (non-hydrogen) atoms. The van der Waals surface area contributed by atoms with E-state index in [1.807, 2.05) is 11.8 Å². The van der Waals surface area contributed by atoms with E-state index in [-0.39, 0.29) is 5.56 Å². The van der Waals surface area contributed by atoms with Gasteiger partial charge in [-0.05, 0) is 12.1 Å². The average molecular weight is 267 g/mol. The van der Waals surface area contributed by atoms with Crippen LogP contribution in [0.4, 0.5) is 5.82 Å². The third kappa shape index (κ3) is 3.89. The molecule has 1 aliphatic rings. The molecule has 1 saturated heterocycles. The van der Waals surface area contributed by atoms with Crippen LogP contribution in [0.3, 0.4) is 0 Å². The fourth-order valence-corrected chi connectivity index (χ4v) is 2.81. The number of aromatic nitrogens is 1. The number of rotatable bonds is 5. The highest BCUT2D eigenvalue weighted by Crippen LogP contribution is 2.09. The minimum absolute atomic E-state index is 0.266. The Labute approximate surface area is 111 Å². The predicted octanol–water partition coefficient (Wildman–Crippen LogP) is 1.24. The van der Waals surface area contributed by atoms with E-state index >= 15 is 0 Å². The minimum atomic E-state index is -0.923. The molecule has 1 aromatic rings. The summed E-state index contributed by atoms with van der Waals surface area (Å²) in [5, 5.41) is 12.0. The van der Waals surface area contributed by atoms with Gasteiger partial charge in [0, 0.05) is 43.9 Å². The van der Waals surface area contributed by atoms with Crippen LogP contribution in [-0.2, 0) is 0 Å². The highest BCUT2D eigenvalue weighted by molar-refractivity contribution is 7.99. The number of aromatic carboxylic acids is 1. The van der Waals surface area contributed by atoms with Gasteiger partial charge in [0.1, 0.15) is 5.82 Å². The van der Waals surface area contributed by atoms with Crippen molar-refractivity contribution in [1.29, 1.82) is 0 Å². The van der Waals surface area contributed by atoms with Crippen molar-refractivity contribution in [3.05, 3.63) is 23.9 Å². The number of carbonyl (C=O) groups is 1. The van der Waals surface area contributed by atoms with Crippen LogP contribution in [0.2, 0.25) is 0 Å². The Kier molecular flexibility index (Phi) is 4.83. The highest BCUT2D eigenvalue weighted by Gasteiger charge is 2.09. The first kappa shape index (κ1) is 13.2. The minimum Gasteiger partial charge on any atom is -0.478 e. The molecule has 5 nitrogen and oxygen atoms in total. The maximum atomic E-state index is 10.8. The molecular weight excluding hydrogens is 250 g/mol. The molecule has 2 heterocycles. The van der Waals surface area contributed by atoms with Crippen LogP contribution in [0.5, 0.6) is 0 Å². The lowest BCUT2D eigenvalue weighted by Gasteiger charge is -2.26. The number of thioether (sulfide) groups is 1. The molecule has 1 aliphatic heterocycles. The molecule has 0 amide bonds. The Hall–Kier alpha value is -1.27. The molecular formula is C12H17N3O2S. The first-order valence-corrected chi connectivity index (χ1v) is 7.14. The zero-order valence-corrected chi connectivity index (χ0v) is 10.9. The van der Waals surface area contributed by atoms with Crippen molar-refractivity contribution in [2.24, 2.45) is 0 Å². The van der Waals surface area contributed by atoms with Crippen molar-refractivity contribution in [2.75, 3.05) is 43.0 Å². The fourth-order valence-electron chi connectivity index (χ4n) is 1.83. The molecule has 6 heteroatoms. The van der Waals surface area contributed by atoms with Gasteiger partial charge in [0.05, 0.1) is 5.56 Å². The van der Waals surface area contributed by atoms with Gasteiger partial charge in [0.2, 0.25) is 0 Å². The number of carboxylic acid groups (broad SMARTS) is 1. The van der Waals surface area contributed by atoms with Gasteiger partial charge in [0.25, 0.3) is 0 Å². The maximum Gasteiger partial charge on any atom is 0.335 e. The van der Waals surface area contributed by atoms with Crippen molar-refractivity contribution in [2.45, 2.75) is 0 Å². The number of pyridine rings is 1. The van der Waals surface area contributed by atoms with Crippen LogP contribution < -0.4 is 5.32 Å². The van der Waals surface area contributed by atoms with Crippen LogP contribution >= 0.6 is 11.8 Å². The van der Waals surface area contributed by atoms with Crippen LogP contribution in [0.25, 0.3) is 0 Å². The molecule has 0 unspecified atom stereocenters. The highest BCUT2D eigenvalue weighted by atomic mass is 32.2. The lowest BCUT2D eigenvalue weighted by Crippen LogP contribution is -2.36. The van der Waals surface area contributed by atoms with E-state index in [1.54, 1.807) is 6.07 Å². The summed E-state index contributed by atoms with van der Waals surface area (Å²) in [6, 6.07) is 3.06. The lowest BCUT2D eigenvalue weighted by atomic mass is 10.2. The van der Waals surface area contributed by atoms with E-state index in [4.69, 9.17) is 5.11 Å². The largest absolute Gasteiger partial charge is 0.478 e. The number of carboxylic acids is 1. The number of nitrogens with one attached hydrogen (secondary N) is 1. The fraction of sp³-hybridized carbons (Fsp3) is 0.500. The predicted molar refractivity (Wildman–Crippen MR) is 73.5 cm³/mol. The van der Waals surface area contributed by atoms with Crippen molar-refractivity contribution < 1.29 is 9.90 Å². The molecule has 0 radical (unpaired) electrons. The van der Waals surface area contributed by atoms with E-state index < -0.39 is 5.97 Å². The third-order valence-electron chi connectivity index (χ3n) is 2.84. The summed E-state index contributed by atoms with van der Waals surface area (Å²) in [7, 11) is 0. The third-order valence-corrected chi connectivity index (χ3v) is 3.79. The van der Waals surface area contributed by atoms with Crippen molar-refractivity contribution in [3.63, 3.8) is 0 Å². The summed E-state index contributed by atoms with van der Waals surface area (Å²) in [4.78, 5) is 17.3. The Bertz CT molecular complexity index is 408. The van der Waals surface area contributed by atoms with Gasteiger partial charge in [-0.25, -0.2) is 9.78 Å². The summed E-state index contributed by atoms with van der Waals surface area (Å²) in [5.41, 5.74) is 0.266. The van der Waals surface area contributed by atoms with E-state index in [2.05, 4.69) is 15.2 Å². The summed E-state index contributed by atoms with van der Waals surface area (Å²) in [6.07, 6.45) is 1.52. The van der Waals surface area contributed by atoms with Crippen LogP contribution in [-0.4, -0.2) is 58.6 Å². The number of nitrogens with zero attached hydrogens (tertiary/aromatic N) is 2. The Morgan fingerprint density at radius 1 is 1.50 bits per heavy atom. The number of hydrogen-bond acceptors (Lipinski definition) is 5. The van der Waals surface area contributed by atoms with E-state index in [9.17, 15) is 4.79 Å². The Morgan fingerprint density at radius 2 is 2.28 bits per heavy atom. The molecule has 0 spiro atoms. The van der Waals surface area contributed by atoms with Gasteiger partial charge in [0.15, 0.2) is 0 Å². The molecule has 2 N–H and O–H groups in total. The summed E-state index contributed by atoms with van der Waals surface area (Å²) in [5.74, 6) is 2.11. The second kappa shape index (κ2) is 6.61. The zero-order valence-electron chi connectivity index (χ0n) is 10.1. The van der Waals surface area contributed by atoms with Gasteiger partial charge < -0.3 is 10.4 Å². The molecule has 1 fully saturated rings. The Balaban J connectivity index is 1.78. The number of hydrogen-bond donors (Lipinski definition) is 2. The van der Waals surface area contributed by atoms with E-state index in [0.717, 1.165) is 26.2 Å². The standard InChI is InChI=1S/C12H17N3O2S/c16-12(17)10-1-2-13-11(9-10)14-3-4-15-5-7-18-8-6-15/h1-2,9H,3-8H2,(H,13,14)(H,16,17). The molecule has 1 aromatic heterocycles. The zero-order chi connectivity index (χ0) is 12.8. The van der Waals surface area contributed by atoms with Crippen LogP contribution in [0.1, 0.15) is 10.4 Å². The second-order valence-electron chi connectivity index (χ2n) is 4.12. The molecule has 0 saturated carbocycles. The quantitative estimate of drug-likeness (QED) is 0.837. The molecule has 98 valence electrons. The molecule has 0 bridgehead atoms. The van der Waals surface area contributed by atoms with Crippen molar-refractivity contribution >= 4 is 23.5 Å². The SMILES string of the molecule is O=C(O)c1ccnc(NCCN2CCSCC2)c1. The van der Waals surface area contributed by atoms with Crippen molar-refractivity contribution in [3.8, 4) is 0 Å². The van der Waals surface area contributed by atoms with E-state index in [1.165, 1.54) is 23.8 Å². The van der Waals surface area contributed by atoms with Crippen LogP contribution in [0, 0.1) is 0 Å². The average Bonchev–Trinajstić information content (AvgIpc) is 2.40. The summed E-state index contributed by atoms with van der Waals surface area (Å²) < 4.78 is 0. The molecule has 0 atom stereocenters.